The number of halogens is 1. The van der Waals surface area contributed by atoms with Gasteiger partial charge in [0.05, 0.1) is 15.6 Å². The van der Waals surface area contributed by atoms with E-state index in [0.29, 0.717) is 17.1 Å². The van der Waals surface area contributed by atoms with E-state index in [1.807, 2.05) is 32.0 Å². The van der Waals surface area contributed by atoms with Crippen molar-refractivity contribution >= 4 is 44.6 Å². The number of anilines is 2. The van der Waals surface area contributed by atoms with Crippen LogP contribution in [0.2, 0.25) is 5.02 Å². The monoisotopic (exact) mass is 486 g/mol. The Bertz CT molecular complexity index is 1320. The van der Waals surface area contributed by atoms with Crippen LogP contribution in [0, 0.1) is 13.8 Å². The van der Waals surface area contributed by atoms with Crippen LogP contribution in [-0.2, 0) is 14.6 Å². The van der Waals surface area contributed by atoms with E-state index < -0.39 is 15.7 Å². The summed E-state index contributed by atoms with van der Waals surface area (Å²) in [5.74, 6) is -0.242. The van der Waals surface area contributed by atoms with E-state index in [1.165, 1.54) is 30.3 Å². The smallest absolute Gasteiger partial charge is 0.262 e. The molecule has 3 aromatic carbocycles. The van der Waals surface area contributed by atoms with Crippen LogP contribution in [0.3, 0.4) is 0 Å². The lowest BCUT2D eigenvalue weighted by molar-refractivity contribution is -0.118. The first-order chi connectivity index (χ1) is 15.5. The molecule has 7 nitrogen and oxygen atoms in total. The Morgan fingerprint density at radius 3 is 2.39 bits per heavy atom. The number of benzene rings is 3. The van der Waals surface area contributed by atoms with Gasteiger partial charge in [-0.25, -0.2) is 8.42 Å². The van der Waals surface area contributed by atoms with Gasteiger partial charge >= 0.3 is 0 Å². The number of hydrogen-bond donors (Lipinski definition) is 2. The van der Waals surface area contributed by atoms with Gasteiger partial charge in [-0.1, -0.05) is 35.4 Å². The van der Waals surface area contributed by atoms with E-state index in [-0.39, 0.29) is 28.0 Å². The number of nitrogens with one attached hydrogen (secondary N) is 2. The highest BCUT2D eigenvalue weighted by Crippen LogP contribution is 2.26. The van der Waals surface area contributed by atoms with Crippen molar-refractivity contribution in [2.75, 3.05) is 23.5 Å². The molecule has 0 radical (unpaired) electrons. The quantitative estimate of drug-likeness (QED) is 0.507. The maximum atomic E-state index is 12.5. The maximum absolute atomic E-state index is 12.5. The van der Waals surface area contributed by atoms with Gasteiger partial charge in [-0.3, -0.25) is 9.59 Å². The molecule has 0 bridgehead atoms. The Morgan fingerprint density at radius 1 is 0.970 bits per heavy atom. The van der Waals surface area contributed by atoms with Crippen LogP contribution in [0.4, 0.5) is 11.4 Å². The topological polar surface area (TPSA) is 102 Å². The summed E-state index contributed by atoms with van der Waals surface area (Å²) in [5, 5.41) is 5.54. The predicted molar refractivity (Wildman–Crippen MR) is 129 cm³/mol. The molecule has 0 aliphatic heterocycles. The highest BCUT2D eigenvalue weighted by atomic mass is 35.5. The van der Waals surface area contributed by atoms with Crippen molar-refractivity contribution in [1.82, 2.24) is 0 Å². The second-order valence-corrected chi connectivity index (χ2v) is 9.98. The molecule has 0 saturated carbocycles. The number of rotatable bonds is 7. The zero-order chi connectivity index (χ0) is 24.2. The van der Waals surface area contributed by atoms with Crippen molar-refractivity contribution in [2.24, 2.45) is 0 Å². The molecule has 0 heterocycles. The molecule has 0 atom stereocenters. The minimum absolute atomic E-state index is 0.0438. The number of carbonyl (C=O) groups excluding carboxylic acids is 2. The molecule has 3 rings (SSSR count). The molecule has 0 fully saturated rings. The van der Waals surface area contributed by atoms with Crippen molar-refractivity contribution in [2.45, 2.75) is 18.7 Å². The van der Waals surface area contributed by atoms with E-state index in [2.05, 4.69) is 10.6 Å². The minimum atomic E-state index is -3.44. The van der Waals surface area contributed by atoms with Crippen LogP contribution >= 0.6 is 11.6 Å². The molecule has 3 aromatic rings. The van der Waals surface area contributed by atoms with Crippen molar-refractivity contribution in [3.05, 3.63) is 82.4 Å². The first-order valence-corrected chi connectivity index (χ1v) is 12.2. The van der Waals surface area contributed by atoms with E-state index in [0.717, 1.165) is 17.4 Å². The lowest BCUT2D eigenvalue weighted by Crippen LogP contribution is -2.20. The van der Waals surface area contributed by atoms with Crippen LogP contribution in [0.25, 0.3) is 0 Å². The van der Waals surface area contributed by atoms with Gasteiger partial charge in [-0.15, -0.1) is 0 Å². The van der Waals surface area contributed by atoms with Gasteiger partial charge in [0.2, 0.25) is 0 Å². The molecule has 2 amide bonds. The highest BCUT2D eigenvalue weighted by molar-refractivity contribution is 7.90. The SMILES string of the molecule is Cc1ccc(OCC(=O)Nc2ccc(NC(=O)c3cccc(S(C)(=O)=O)c3)c(Cl)c2)c(C)c1. The molecule has 0 spiro atoms. The molecular weight excluding hydrogens is 464 g/mol. The summed E-state index contributed by atoms with van der Waals surface area (Å²) in [4.78, 5) is 24.8. The first kappa shape index (κ1) is 24.3. The van der Waals surface area contributed by atoms with Crippen LogP contribution in [0.5, 0.6) is 5.75 Å². The van der Waals surface area contributed by atoms with Gasteiger partial charge in [0.25, 0.3) is 11.8 Å². The fourth-order valence-corrected chi connectivity index (χ4v) is 3.95. The van der Waals surface area contributed by atoms with Gasteiger partial charge < -0.3 is 15.4 Å². The predicted octanol–water partition coefficient (Wildman–Crippen LogP) is 4.63. The third kappa shape index (κ3) is 6.57. The normalized spacial score (nSPS) is 11.0. The van der Waals surface area contributed by atoms with Gasteiger partial charge in [-0.2, -0.15) is 0 Å². The molecule has 0 aromatic heterocycles. The number of amides is 2. The Labute approximate surface area is 197 Å². The second-order valence-electron chi connectivity index (χ2n) is 7.55. The number of sulfone groups is 1. The van der Waals surface area contributed by atoms with Gasteiger partial charge in [-0.05, 0) is 61.9 Å². The van der Waals surface area contributed by atoms with Crippen molar-refractivity contribution in [1.29, 1.82) is 0 Å². The lowest BCUT2D eigenvalue weighted by atomic mass is 10.1. The molecule has 0 aliphatic carbocycles. The van der Waals surface area contributed by atoms with Gasteiger partial charge in [0.15, 0.2) is 16.4 Å². The van der Waals surface area contributed by atoms with Crippen molar-refractivity contribution in [3.63, 3.8) is 0 Å². The Hall–Kier alpha value is -3.36. The molecular formula is C24H23ClN2O5S. The third-order valence-electron chi connectivity index (χ3n) is 4.71. The second kappa shape index (κ2) is 10.1. The van der Waals surface area contributed by atoms with Crippen LogP contribution in [0.1, 0.15) is 21.5 Å². The van der Waals surface area contributed by atoms with E-state index in [4.69, 9.17) is 16.3 Å². The zero-order valence-electron chi connectivity index (χ0n) is 18.3. The summed E-state index contributed by atoms with van der Waals surface area (Å²) in [6, 6.07) is 16.0. The minimum Gasteiger partial charge on any atom is -0.483 e. The maximum Gasteiger partial charge on any atom is 0.262 e. The number of hydrogen-bond acceptors (Lipinski definition) is 5. The van der Waals surface area contributed by atoms with E-state index >= 15 is 0 Å². The van der Waals surface area contributed by atoms with Crippen LogP contribution < -0.4 is 15.4 Å². The summed E-state index contributed by atoms with van der Waals surface area (Å²) in [7, 11) is -3.44. The molecule has 0 saturated heterocycles. The molecule has 9 heteroatoms. The van der Waals surface area contributed by atoms with Crippen molar-refractivity contribution in [3.8, 4) is 5.75 Å². The standard InChI is InChI=1S/C24H23ClN2O5S/c1-15-7-10-22(16(2)11-15)32-14-23(28)26-18-8-9-21(20(25)13-18)27-24(29)17-5-4-6-19(12-17)33(3,30)31/h4-13H,14H2,1-3H3,(H,26,28)(H,27,29). The van der Waals surface area contributed by atoms with Crippen LogP contribution in [-0.4, -0.2) is 33.1 Å². The highest BCUT2D eigenvalue weighted by Gasteiger charge is 2.14. The summed E-state index contributed by atoms with van der Waals surface area (Å²) in [5.41, 5.74) is 2.97. The van der Waals surface area contributed by atoms with E-state index in [9.17, 15) is 18.0 Å². The summed E-state index contributed by atoms with van der Waals surface area (Å²) in [6.45, 7) is 3.72. The Morgan fingerprint density at radius 2 is 1.73 bits per heavy atom. The summed E-state index contributed by atoms with van der Waals surface area (Å²) < 4.78 is 29.0. The Balaban J connectivity index is 1.62. The fourth-order valence-electron chi connectivity index (χ4n) is 3.06. The number of aryl methyl sites for hydroxylation is 2. The average molecular weight is 487 g/mol. The Kier molecular flexibility index (Phi) is 7.40. The molecule has 0 unspecified atom stereocenters. The molecule has 0 aliphatic rings. The van der Waals surface area contributed by atoms with E-state index in [1.54, 1.807) is 12.1 Å². The van der Waals surface area contributed by atoms with Crippen molar-refractivity contribution < 1.29 is 22.7 Å². The summed E-state index contributed by atoms with van der Waals surface area (Å²) in [6.07, 6.45) is 1.07. The van der Waals surface area contributed by atoms with Crippen LogP contribution in [0.15, 0.2) is 65.6 Å². The molecule has 2 N–H and O–H groups in total. The zero-order valence-corrected chi connectivity index (χ0v) is 19.9. The van der Waals surface area contributed by atoms with Gasteiger partial charge in [0, 0.05) is 17.5 Å². The van der Waals surface area contributed by atoms with Gasteiger partial charge in [0.1, 0.15) is 5.75 Å². The largest absolute Gasteiger partial charge is 0.483 e. The fraction of sp³-hybridized carbons (Fsp3) is 0.167. The number of ether oxygens (including phenoxy) is 1. The molecule has 33 heavy (non-hydrogen) atoms. The number of carbonyl (C=O) groups is 2. The first-order valence-electron chi connectivity index (χ1n) is 9.94. The molecule has 172 valence electrons. The average Bonchev–Trinajstić information content (AvgIpc) is 2.74. The lowest BCUT2D eigenvalue weighted by Gasteiger charge is -2.12. The summed E-state index contributed by atoms with van der Waals surface area (Å²) >= 11 is 6.26. The third-order valence-corrected chi connectivity index (χ3v) is 6.14.